The molecule has 19 heavy (non-hydrogen) atoms. The number of carbonyl (C=O) groups is 2. The van der Waals surface area contributed by atoms with Crippen molar-refractivity contribution in [2.24, 2.45) is 0 Å². The van der Waals surface area contributed by atoms with Gasteiger partial charge in [-0.25, -0.2) is 4.79 Å². The second-order valence-electron chi connectivity index (χ2n) is 4.24. The predicted molar refractivity (Wildman–Crippen MR) is 71.0 cm³/mol. The molecule has 5 nitrogen and oxygen atoms in total. The highest BCUT2D eigenvalue weighted by molar-refractivity contribution is 5.97. The van der Waals surface area contributed by atoms with E-state index >= 15 is 0 Å². The molecule has 0 unspecified atom stereocenters. The summed E-state index contributed by atoms with van der Waals surface area (Å²) in [5, 5.41) is 11.6. The van der Waals surface area contributed by atoms with Gasteiger partial charge < -0.3 is 15.2 Å². The monoisotopic (exact) mass is 265 g/mol. The highest BCUT2D eigenvalue weighted by Crippen LogP contribution is 2.10. The molecule has 0 aliphatic rings. The minimum absolute atomic E-state index is 0.315. The molecule has 0 aromatic heterocycles. The van der Waals surface area contributed by atoms with E-state index < -0.39 is 12.0 Å². The van der Waals surface area contributed by atoms with Crippen molar-refractivity contribution in [1.29, 1.82) is 0 Å². The van der Waals surface area contributed by atoms with Crippen LogP contribution in [0.3, 0.4) is 0 Å². The molecule has 0 spiro atoms. The van der Waals surface area contributed by atoms with E-state index in [0.717, 1.165) is 5.56 Å². The Morgan fingerprint density at radius 2 is 2.05 bits per heavy atom. The average molecular weight is 265 g/mol. The first kappa shape index (κ1) is 15.2. The van der Waals surface area contributed by atoms with Gasteiger partial charge in [0.05, 0.1) is 6.61 Å². The molecule has 104 valence electrons. The summed E-state index contributed by atoms with van der Waals surface area (Å²) in [4.78, 5) is 23.1. The highest BCUT2D eigenvalue weighted by Gasteiger charge is 2.20. The van der Waals surface area contributed by atoms with Crippen molar-refractivity contribution in [3.8, 4) is 0 Å². The fraction of sp³-hybridized carbons (Fsp3) is 0.429. The number of methoxy groups -OCH3 is 1. The average Bonchev–Trinajstić information content (AvgIpc) is 2.39. The van der Waals surface area contributed by atoms with Crippen molar-refractivity contribution in [2.45, 2.75) is 32.4 Å². The molecule has 0 bridgehead atoms. The summed E-state index contributed by atoms with van der Waals surface area (Å²) in [6, 6.07) is 6.14. The van der Waals surface area contributed by atoms with Crippen LogP contribution in [0.25, 0.3) is 0 Å². The summed E-state index contributed by atoms with van der Waals surface area (Å²) in [6.45, 7) is 2.19. The van der Waals surface area contributed by atoms with Crippen molar-refractivity contribution in [3.63, 3.8) is 0 Å². The second-order valence-corrected chi connectivity index (χ2v) is 4.24. The smallest absolute Gasteiger partial charge is 0.326 e. The molecule has 5 heteroatoms. The van der Waals surface area contributed by atoms with E-state index in [4.69, 9.17) is 9.84 Å². The standard InChI is InChI=1S/C14H19NO4/c1-3-6-12(14(17)18)15-13(16)11-8-5-4-7-10(11)9-19-2/h4-5,7-8,12H,3,6,9H2,1-2H3,(H,15,16)(H,17,18)/t12-/m1/s1. The fourth-order valence-corrected chi connectivity index (χ4v) is 1.81. The van der Waals surface area contributed by atoms with Gasteiger partial charge in [-0.2, -0.15) is 0 Å². The van der Waals surface area contributed by atoms with Crippen LogP contribution in [0, 0.1) is 0 Å². The quantitative estimate of drug-likeness (QED) is 0.788. The molecule has 0 saturated carbocycles. The molecule has 1 rings (SSSR count). The van der Waals surface area contributed by atoms with E-state index in [-0.39, 0.29) is 5.91 Å². The molecule has 0 saturated heterocycles. The summed E-state index contributed by atoms with van der Waals surface area (Å²) >= 11 is 0. The van der Waals surface area contributed by atoms with Crippen LogP contribution in [0.4, 0.5) is 0 Å². The van der Waals surface area contributed by atoms with E-state index in [1.54, 1.807) is 25.3 Å². The molecule has 1 atom stereocenters. The molecule has 1 amide bonds. The van der Waals surface area contributed by atoms with Crippen molar-refractivity contribution in [3.05, 3.63) is 35.4 Å². The SMILES string of the molecule is CCC[C@@H](NC(=O)c1ccccc1COC)C(=O)O. The summed E-state index contributed by atoms with van der Waals surface area (Å²) in [6.07, 6.45) is 1.10. The Balaban J connectivity index is 2.84. The van der Waals surface area contributed by atoms with E-state index in [1.807, 2.05) is 13.0 Å². The lowest BCUT2D eigenvalue weighted by molar-refractivity contribution is -0.139. The molecule has 0 fully saturated rings. The maximum atomic E-state index is 12.1. The number of carboxylic acid groups (broad SMARTS) is 1. The first-order chi connectivity index (χ1) is 9.10. The first-order valence-electron chi connectivity index (χ1n) is 6.20. The molecule has 0 aliphatic heterocycles. The number of benzene rings is 1. The predicted octanol–water partition coefficient (Wildman–Crippen LogP) is 1.82. The molecule has 1 aromatic rings. The first-order valence-corrected chi connectivity index (χ1v) is 6.20. The molecule has 0 heterocycles. The van der Waals surface area contributed by atoms with Crippen LogP contribution in [0.5, 0.6) is 0 Å². The van der Waals surface area contributed by atoms with E-state index in [1.165, 1.54) is 0 Å². The lowest BCUT2D eigenvalue weighted by atomic mass is 10.1. The van der Waals surface area contributed by atoms with Crippen LogP contribution in [0.1, 0.15) is 35.7 Å². The Kier molecular flexibility index (Phi) is 6.02. The largest absolute Gasteiger partial charge is 0.480 e. The zero-order valence-electron chi connectivity index (χ0n) is 11.2. The van der Waals surface area contributed by atoms with Crippen molar-refractivity contribution in [1.82, 2.24) is 5.32 Å². The minimum atomic E-state index is -1.01. The van der Waals surface area contributed by atoms with Crippen LogP contribution in [0.15, 0.2) is 24.3 Å². The lowest BCUT2D eigenvalue weighted by Gasteiger charge is -2.15. The Labute approximate surface area is 112 Å². The summed E-state index contributed by atoms with van der Waals surface area (Å²) < 4.78 is 5.02. The van der Waals surface area contributed by atoms with Crippen molar-refractivity contribution in [2.75, 3.05) is 7.11 Å². The van der Waals surface area contributed by atoms with Gasteiger partial charge in [-0.05, 0) is 18.1 Å². The normalized spacial score (nSPS) is 11.9. The second kappa shape index (κ2) is 7.53. The van der Waals surface area contributed by atoms with Gasteiger partial charge in [0.2, 0.25) is 0 Å². The van der Waals surface area contributed by atoms with Crippen LogP contribution in [-0.2, 0) is 16.1 Å². The van der Waals surface area contributed by atoms with Gasteiger partial charge >= 0.3 is 5.97 Å². The Bertz CT molecular complexity index is 445. The number of ether oxygens (including phenoxy) is 1. The molecular weight excluding hydrogens is 246 g/mol. The van der Waals surface area contributed by atoms with Crippen molar-refractivity contribution >= 4 is 11.9 Å². The minimum Gasteiger partial charge on any atom is -0.480 e. The number of nitrogens with one attached hydrogen (secondary N) is 1. The highest BCUT2D eigenvalue weighted by atomic mass is 16.5. The Hall–Kier alpha value is -1.88. The number of hydrogen-bond donors (Lipinski definition) is 2. The number of amides is 1. The third-order valence-corrected chi connectivity index (χ3v) is 2.74. The van der Waals surface area contributed by atoms with Gasteiger partial charge in [0.1, 0.15) is 6.04 Å². The van der Waals surface area contributed by atoms with E-state index in [0.29, 0.717) is 25.0 Å². The number of aliphatic carboxylic acids is 1. The number of hydrogen-bond acceptors (Lipinski definition) is 3. The molecular formula is C14H19NO4. The van der Waals surface area contributed by atoms with Gasteiger partial charge in [-0.1, -0.05) is 31.5 Å². The molecule has 1 aromatic carbocycles. The molecule has 0 aliphatic carbocycles. The zero-order valence-corrected chi connectivity index (χ0v) is 11.2. The fourth-order valence-electron chi connectivity index (χ4n) is 1.81. The maximum absolute atomic E-state index is 12.1. The Morgan fingerprint density at radius 1 is 1.37 bits per heavy atom. The van der Waals surface area contributed by atoms with Gasteiger partial charge in [-0.15, -0.1) is 0 Å². The number of carboxylic acids is 1. The summed E-state index contributed by atoms with van der Waals surface area (Å²) in [5.74, 6) is -1.40. The van der Waals surface area contributed by atoms with Gasteiger partial charge in [-0.3, -0.25) is 4.79 Å². The summed E-state index contributed by atoms with van der Waals surface area (Å²) in [7, 11) is 1.55. The topological polar surface area (TPSA) is 75.6 Å². The Morgan fingerprint density at radius 3 is 2.63 bits per heavy atom. The number of carbonyl (C=O) groups excluding carboxylic acids is 1. The van der Waals surface area contributed by atoms with Crippen LogP contribution >= 0.6 is 0 Å². The third kappa shape index (κ3) is 4.37. The molecule has 2 N–H and O–H groups in total. The maximum Gasteiger partial charge on any atom is 0.326 e. The lowest BCUT2D eigenvalue weighted by Crippen LogP contribution is -2.41. The third-order valence-electron chi connectivity index (χ3n) is 2.74. The van der Waals surface area contributed by atoms with Gasteiger partial charge in [0, 0.05) is 12.7 Å². The molecule has 0 radical (unpaired) electrons. The number of rotatable bonds is 7. The van der Waals surface area contributed by atoms with Gasteiger partial charge in [0.25, 0.3) is 5.91 Å². The van der Waals surface area contributed by atoms with Gasteiger partial charge in [0.15, 0.2) is 0 Å². The zero-order chi connectivity index (χ0) is 14.3. The van der Waals surface area contributed by atoms with E-state index in [9.17, 15) is 9.59 Å². The van der Waals surface area contributed by atoms with Crippen LogP contribution < -0.4 is 5.32 Å². The van der Waals surface area contributed by atoms with E-state index in [2.05, 4.69) is 5.32 Å². The van der Waals surface area contributed by atoms with Crippen molar-refractivity contribution < 1.29 is 19.4 Å². The van der Waals surface area contributed by atoms with Crippen LogP contribution in [0.2, 0.25) is 0 Å². The summed E-state index contributed by atoms with van der Waals surface area (Å²) in [5.41, 5.74) is 1.19. The van der Waals surface area contributed by atoms with Crippen LogP contribution in [-0.4, -0.2) is 30.1 Å².